The van der Waals surface area contributed by atoms with E-state index in [2.05, 4.69) is 51.0 Å². The molecule has 2 heterocycles. The van der Waals surface area contributed by atoms with Crippen LogP contribution in [0.5, 0.6) is 0 Å². The smallest absolute Gasteiger partial charge is 0.0832 e. The van der Waals surface area contributed by atoms with Gasteiger partial charge in [-0.3, -0.25) is 9.67 Å². The summed E-state index contributed by atoms with van der Waals surface area (Å²) in [6, 6.07) is 4.03. The number of nitrogens with zero attached hydrogens (tertiary/aromatic N) is 3. The number of aromatic nitrogens is 3. The minimum absolute atomic E-state index is 0.711. The molecule has 0 unspecified atom stereocenters. The van der Waals surface area contributed by atoms with Gasteiger partial charge in [0.05, 0.1) is 22.0 Å². The van der Waals surface area contributed by atoms with E-state index in [4.69, 9.17) is 0 Å². The molecule has 1 N–H and O–H groups in total. The number of anilines is 1. The fourth-order valence-corrected chi connectivity index (χ4v) is 1.92. The Morgan fingerprint density at radius 2 is 2.38 bits per heavy atom. The molecule has 0 bridgehead atoms. The van der Waals surface area contributed by atoms with Crippen LogP contribution in [0.1, 0.15) is 12.6 Å². The van der Waals surface area contributed by atoms with E-state index in [0.717, 1.165) is 21.5 Å². The Balaban J connectivity index is 2.12. The molecule has 2 aromatic heterocycles. The molecule has 16 heavy (non-hydrogen) atoms. The van der Waals surface area contributed by atoms with E-state index in [-0.39, 0.29) is 0 Å². The molecule has 2 aromatic rings. The van der Waals surface area contributed by atoms with Gasteiger partial charge in [0, 0.05) is 24.6 Å². The first kappa shape index (κ1) is 11.4. The Labute approximate surface area is 108 Å². The Morgan fingerprint density at radius 3 is 3.06 bits per heavy atom. The van der Waals surface area contributed by atoms with Crippen LogP contribution in [0.15, 0.2) is 30.7 Å². The first-order chi connectivity index (χ1) is 7.78. The highest BCUT2D eigenvalue weighted by atomic mass is 127. The summed E-state index contributed by atoms with van der Waals surface area (Å²) in [5.41, 5.74) is 2.12. The van der Waals surface area contributed by atoms with Gasteiger partial charge in [-0.25, -0.2) is 0 Å². The molecule has 0 aromatic carbocycles. The third-order valence-corrected chi connectivity index (χ3v) is 2.68. The fourth-order valence-electron chi connectivity index (χ4n) is 1.47. The SMILES string of the molecule is CCNc1ccnc(Cn2cc(I)cn2)c1. The molecule has 0 amide bonds. The molecule has 2 rings (SSSR count). The van der Waals surface area contributed by atoms with E-state index >= 15 is 0 Å². The Bertz CT molecular complexity index is 467. The highest BCUT2D eigenvalue weighted by Crippen LogP contribution is 2.09. The lowest BCUT2D eigenvalue weighted by Crippen LogP contribution is -2.03. The third kappa shape index (κ3) is 2.94. The van der Waals surface area contributed by atoms with Crippen LogP contribution >= 0.6 is 22.6 Å². The lowest BCUT2D eigenvalue weighted by Gasteiger charge is -2.05. The van der Waals surface area contributed by atoms with Gasteiger partial charge >= 0.3 is 0 Å². The zero-order valence-corrected chi connectivity index (χ0v) is 11.2. The molecule has 0 aliphatic rings. The summed E-state index contributed by atoms with van der Waals surface area (Å²) in [5.74, 6) is 0. The first-order valence-electron chi connectivity index (χ1n) is 5.14. The summed E-state index contributed by atoms with van der Waals surface area (Å²) in [6.45, 7) is 3.71. The maximum Gasteiger partial charge on any atom is 0.0832 e. The molecule has 0 spiro atoms. The van der Waals surface area contributed by atoms with Gasteiger partial charge in [0.1, 0.15) is 0 Å². The maximum absolute atomic E-state index is 4.32. The summed E-state index contributed by atoms with van der Waals surface area (Å²) >= 11 is 2.25. The van der Waals surface area contributed by atoms with Crippen LogP contribution in [0.3, 0.4) is 0 Å². The van der Waals surface area contributed by atoms with E-state index in [1.807, 2.05) is 29.3 Å². The van der Waals surface area contributed by atoms with Crippen LogP contribution < -0.4 is 5.32 Å². The minimum Gasteiger partial charge on any atom is -0.385 e. The molecule has 0 saturated carbocycles. The molecular formula is C11H13IN4. The topological polar surface area (TPSA) is 42.7 Å². The van der Waals surface area contributed by atoms with Crippen molar-refractivity contribution in [3.8, 4) is 0 Å². The van der Waals surface area contributed by atoms with Crippen molar-refractivity contribution >= 4 is 28.3 Å². The number of halogens is 1. The fraction of sp³-hybridized carbons (Fsp3) is 0.273. The predicted octanol–water partition coefficient (Wildman–Crippen LogP) is 2.36. The van der Waals surface area contributed by atoms with Crippen LogP contribution in [-0.2, 0) is 6.54 Å². The number of hydrogen-bond acceptors (Lipinski definition) is 3. The van der Waals surface area contributed by atoms with Crippen molar-refractivity contribution in [3.63, 3.8) is 0 Å². The van der Waals surface area contributed by atoms with E-state index in [1.54, 1.807) is 0 Å². The van der Waals surface area contributed by atoms with E-state index in [1.165, 1.54) is 0 Å². The van der Waals surface area contributed by atoms with E-state index in [0.29, 0.717) is 6.54 Å². The average Bonchev–Trinajstić information content (AvgIpc) is 2.65. The van der Waals surface area contributed by atoms with Gasteiger partial charge < -0.3 is 5.32 Å². The lowest BCUT2D eigenvalue weighted by atomic mass is 10.3. The Hall–Kier alpha value is -1.11. The second-order valence-electron chi connectivity index (χ2n) is 3.42. The van der Waals surface area contributed by atoms with Gasteiger partial charge in [0.25, 0.3) is 0 Å². The molecule has 4 nitrogen and oxygen atoms in total. The van der Waals surface area contributed by atoms with Crippen molar-refractivity contribution in [3.05, 3.63) is 40.0 Å². The highest BCUT2D eigenvalue weighted by molar-refractivity contribution is 14.1. The zero-order valence-electron chi connectivity index (χ0n) is 9.02. The Kier molecular flexibility index (Phi) is 3.76. The van der Waals surface area contributed by atoms with Crippen molar-refractivity contribution < 1.29 is 0 Å². The van der Waals surface area contributed by atoms with Gasteiger partial charge in [-0.2, -0.15) is 5.10 Å². The van der Waals surface area contributed by atoms with Crippen LogP contribution in [0.4, 0.5) is 5.69 Å². The summed E-state index contributed by atoms with van der Waals surface area (Å²) in [5, 5.41) is 7.50. The second-order valence-corrected chi connectivity index (χ2v) is 4.67. The van der Waals surface area contributed by atoms with Crippen LogP contribution in [0.25, 0.3) is 0 Å². The molecule has 0 aliphatic heterocycles. The summed E-state index contributed by atoms with van der Waals surface area (Å²) < 4.78 is 3.03. The van der Waals surface area contributed by atoms with Gasteiger partial charge in [0.15, 0.2) is 0 Å². The first-order valence-corrected chi connectivity index (χ1v) is 6.22. The third-order valence-electron chi connectivity index (χ3n) is 2.12. The largest absolute Gasteiger partial charge is 0.385 e. The summed E-state index contributed by atoms with van der Waals surface area (Å²) in [4.78, 5) is 4.32. The van der Waals surface area contributed by atoms with E-state index in [9.17, 15) is 0 Å². The number of rotatable bonds is 4. The Morgan fingerprint density at radius 1 is 1.50 bits per heavy atom. The molecule has 0 fully saturated rings. The quantitative estimate of drug-likeness (QED) is 0.877. The summed E-state index contributed by atoms with van der Waals surface area (Å²) in [6.07, 6.45) is 5.67. The van der Waals surface area contributed by atoms with Crippen LogP contribution in [0.2, 0.25) is 0 Å². The van der Waals surface area contributed by atoms with Crippen molar-refractivity contribution in [2.45, 2.75) is 13.5 Å². The van der Waals surface area contributed by atoms with Gasteiger partial charge in [-0.05, 0) is 41.6 Å². The number of pyridine rings is 1. The average molecular weight is 328 g/mol. The lowest BCUT2D eigenvalue weighted by molar-refractivity contribution is 0.672. The van der Waals surface area contributed by atoms with Gasteiger partial charge in [-0.1, -0.05) is 0 Å². The highest BCUT2D eigenvalue weighted by Gasteiger charge is 1.99. The molecule has 84 valence electrons. The van der Waals surface area contributed by atoms with Gasteiger partial charge in [-0.15, -0.1) is 0 Å². The normalized spacial score (nSPS) is 10.4. The molecule has 0 saturated heterocycles. The standard InChI is InChI=1S/C11H13IN4/c1-2-13-10-3-4-14-11(5-10)8-16-7-9(12)6-15-16/h3-7H,2,8H2,1H3,(H,13,14). The molecule has 0 radical (unpaired) electrons. The van der Waals surface area contributed by atoms with Gasteiger partial charge in [0.2, 0.25) is 0 Å². The molecule has 5 heteroatoms. The molecular weight excluding hydrogens is 315 g/mol. The van der Waals surface area contributed by atoms with Crippen molar-refractivity contribution in [1.82, 2.24) is 14.8 Å². The number of hydrogen-bond donors (Lipinski definition) is 1. The van der Waals surface area contributed by atoms with Crippen LogP contribution in [-0.4, -0.2) is 21.3 Å². The monoisotopic (exact) mass is 328 g/mol. The van der Waals surface area contributed by atoms with Crippen LogP contribution in [0, 0.1) is 3.57 Å². The zero-order chi connectivity index (χ0) is 11.4. The predicted molar refractivity (Wildman–Crippen MR) is 72.4 cm³/mol. The van der Waals surface area contributed by atoms with Crippen molar-refractivity contribution in [2.75, 3.05) is 11.9 Å². The number of nitrogens with one attached hydrogen (secondary N) is 1. The van der Waals surface area contributed by atoms with E-state index < -0.39 is 0 Å². The maximum atomic E-state index is 4.32. The minimum atomic E-state index is 0.711. The summed E-state index contributed by atoms with van der Waals surface area (Å²) in [7, 11) is 0. The molecule has 0 aliphatic carbocycles. The van der Waals surface area contributed by atoms with Crippen molar-refractivity contribution in [2.24, 2.45) is 0 Å². The molecule has 0 atom stereocenters. The van der Waals surface area contributed by atoms with Crippen molar-refractivity contribution in [1.29, 1.82) is 0 Å². The second kappa shape index (κ2) is 5.29.